The first-order valence-electron chi connectivity index (χ1n) is 11.7. The van der Waals surface area contributed by atoms with Crippen LogP contribution >= 0.6 is 38.9 Å². The lowest BCUT2D eigenvalue weighted by Crippen LogP contribution is -2.40. The van der Waals surface area contributed by atoms with Crippen molar-refractivity contribution in [1.29, 1.82) is 0 Å². The number of nitrogens with zero attached hydrogens (tertiary/aromatic N) is 4. The SMILES string of the molecule is COc1ncc(Br)cc1OCC(=O)N1CCC(c2nc(C3=NOC(c4c(F)cccc4Cl)C3)cs2)CC1. The summed E-state index contributed by atoms with van der Waals surface area (Å²) in [5, 5.41) is 7.42. The third-order valence-electron chi connectivity index (χ3n) is 6.33. The van der Waals surface area contributed by atoms with E-state index in [4.69, 9.17) is 30.9 Å². The Hall–Kier alpha value is -2.76. The molecule has 2 aliphatic rings. The highest BCUT2D eigenvalue weighted by Crippen LogP contribution is 2.37. The molecule has 0 spiro atoms. The van der Waals surface area contributed by atoms with Gasteiger partial charge >= 0.3 is 0 Å². The van der Waals surface area contributed by atoms with Gasteiger partial charge in [0.2, 0.25) is 0 Å². The molecule has 5 rings (SSSR count). The standard InChI is InChI=1S/C25H23BrClFN4O4S/c1-34-24-21(9-15(26)11-29-24)35-12-22(33)32-7-5-14(6-8-32)25-30-19(13-37-25)18-10-20(36-31-18)23-16(27)3-2-4-17(23)28/h2-4,9,11,13-14,20H,5-8,10,12H2,1H3. The fourth-order valence-corrected chi connectivity index (χ4v) is 5.98. The molecule has 3 aromatic rings. The number of hydrogen-bond donors (Lipinski definition) is 0. The third-order valence-corrected chi connectivity index (χ3v) is 8.10. The molecule has 1 amide bonds. The van der Waals surface area contributed by atoms with Crippen LogP contribution in [0.1, 0.15) is 47.5 Å². The molecule has 0 N–H and O–H groups in total. The van der Waals surface area contributed by atoms with Crippen molar-refractivity contribution in [3.8, 4) is 11.6 Å². The minimum atomic E-state index is -0.571. The molecule has 8 nitrogen and oxygen atoms in total. The zero-order valence-corrected chi connectivity index (χ0v) is 23.0. The quantitative estimate of drug-likeness (QED) is 0.339. The molecule has 194 valence electrons. The third kappa shape index (κ3) is 5.73. The van der Waals surface area contributed by atoms with Gasteiger partial charge in [-0.25, -0.2) is 14.4 Å². The van der Waals surface area contributed by atoms with E-state index in [2.05, 4.69) is 26.1 Å². The maximum absolute atomic E-state index is 14.3. The van der Waals surface area contributed by atoms with Crippen molar-refractivity contribution in [2.24, 2.45) is 5.16 Å². The largest absolute Gasteiger partial charge is 0.478 e. The van der Waals surface area contributed by atoms with E-state index >= 15 is 0 Å². The number of methoxy groups -OCH3 is 1. The maximum atomic E-state index is 14.3. The summed E-state index contributed by atoms with van der Waals surface area (Å²) >= 11 is 11.1. The van der Waals surface area contributed by atoms with Crippen molar-refractivity contribution in [3.05, 3.63) is 67.4 Å². The van der Waals surface area contributed by atoms with Gasteiger partial charge in [0.1, 0.15) is 11.5 Å². The molecule has 37 heavy (non-hydrogen) atoms. The highest BCUT2D eigenvalue weighted by Gasteiger charge is 2.31. The molecule has 1 saturated heterocycles. The molecule has 0 saturated carbocycles. The Balaban J connectivity index is 1.14. The van der Waals surface area contributed by atoms with E-state index in [1.54, 1.807) is 40.6 Å². The number of halogens is 3. The number of carbonyl (C=O) groups excluding carboxylic acids is 1. The predicted molar refractivity (Wildman–Crippen MR) is 141 cm³/mol. The lowest BCUT2D eigenvalue weighted by molar-refractivity contribution is -0.134. The lowest BCUT2D eigenvalue weighted by atomic mass is 9.97. The highest BCUT2D eigenvalue weighted by atomic mass is 79.9. The summed E-state index contributed by atoms with van der Waals surface area (Å²) < 4.78 is 25.9. The number of benzene rings is 1. The van der Waals surface area contributed by atoms with Gasteiger partial charge in [0.15, 0.2) is 18.5 Å². The number of ether oxygens (including phenoxy) is 2. The maximum Gasteiger partial charge on any atom is 0.260 e. The molecular formula is C25H23BrClFN4O4S. The van der Waals surface area contributed by atoms with Crippen LogP contribution in [-0.4, -0.2) is 53.3 Å². The number of oxime groups is 1. The van der Waals surface area contributed by atoms with Gasteiger partial charge < -0.3 is 19.2 Å². The van der Waals surface area contributed by atoms with Crippen LogP contribution < -0.4 is 9.47 Å². The predicted octanol–water partition coefficient (Wildman–Crippen LogP) is 5.75. The van der Waals surface area contributed by atoms with Crippen LogP contribution in [0.25, 0.3) is 0 Å². The summed E-state index contributed by atoms with van der Waals surface area (Å²) in [6.45, 7) is 1.15. The zero-order valence-electron chi connectivity index (χ0n) is 19.8. The molecule has 1 unspecified atom stereocenters. The second-order valence-electron chi connectivity index (χ2n) is 8.65. The Morgan fingerprint density at radius 3 is 2.92 bits per heavy atom. The molecule has 1 atom stereocenters. The van der Waals surface area contributed by atoms with Crippen molar-refractivity contribution < 1.29 is 23.5 Å². The number of carbonyl (C=O) groups is 1. The van der Waals surface area contributed by atoms with E-state index in [0.29, 0.717) is 47.4 Å². The van der Waals surface area contributed by atoms with E-state index in [1.807, 2.05) is 5.38 Å². The van der Waals surface area contributed by atoms with Crippen LogP contribution in [0.4, 0.5) is 4.39 Å². The molecule has 12 heteroatoms. The van der Waals surface area contributed by atoms with Crippen LogP contribution in [0.2, 0.25) is 5.02 Å². The summed E-state index contributed by atoms with van der Waals surface area (Å²) in [6, 6.07) is 6.29. The van der Waals surface area contributed by atoms with Crippen molar-refractivity contribution in [2.75, 3.05) is 26.8 Å². The van der Waals surface area contributed by atoms with E-state index in [0.717, 1.165) is 28.0 Å². The number of likely N-dealkylation sites (tertiary alicyclic amines) is 1. The Morgan fingerprint density at radius 2 is 2.16 bits per heavy atom. The Kier molecular flexibility index (Phi) is 7.92. The first-order valence-corrected chi connectivity index (χ1v) is 13.7. The van der Waals surface area contributed by atoms with Gasteiger partial charge in [-0.1, -0.05) is 22.8 Å². The van der Waals surface area contributed by atoms with E-state index in [-0.39, 0.29) is 18.4 Å². The Bertz CT molecular complexity index is 1310. The van der Waals surface area contributed by atoms with Crippen LogP contribution in [0.5, 0.6) is 11.6 Å². The average Bonchev–Trinajstić information content (AvgIpc) is 3.58. The van der Waals surface area contributed by atoms with Crippen molar-refractivity contribution in [3.63, 3.8) is 0 Å². The number of hydrogen-bond acceptors (Lipinski definition) is 8. The van der Waals surface area contributed by atoms with Gasteiger partial charge in [0.05, 0.1) is 22.8 Å². The van der Waals surface area contributed by atoms with Crippen molar-refractivity contribution >= 4 is 50.5 Å². The van der Waals surface area contributed by atoms with E-state index in [9.17, 15) is 9.18 Å². The van der Waals surface area contributed by atoms with Gasteiger partial charge in [-0.05, 0) is 40.9 Å². The average molecular weight is 610 g/mol. The number of pyridine rings is 1. The number of thiazole rings is 1. The van der Waals surface area contributed by atoms with E-state index in [1.165, 1.54) is 13.2 Å². The fraction of sp³-hybridized carbons (Fsp3) is 0.360. The Labute approximate surface area is 230 Å². The minimum Gasteiger partial charge on any atom is -0.478 e. The van der Waals surface area contributed by atoms with Crippen LogP contribution in [0.15, 0.2) is 45.5 Å². The lowest BCUT2D eigenvalue weighted by Gasteiger charge is -2.31. The molecule has 1 fully saturated rings. The summed E-state index contributed by atoms with van der Waals surface area (Å²) in [5.74, 6) is 0.490. The second-order valence-corrected chi connectivity index (χ2v) is 10.9. The first kappa shape index (κ1) is 25.9. The molecule has 0 aliphatic carbocycles. The molecule has 2 aromatic heterocycles. The molecule has 4 heterocycles. The van der Waals surface area contributed by atoms with Crippen LogP contribution in [0.3, 0.4) is 0 Å². The summed E-state index contributed by atoms with van der Waals surface area (Å²) in [4.78, 5) is 28.9. The van der Waals surface area contributed by atoms with Crippen LogP contribution in [0, 0.1) is 5.82 Å². The number of aromatic nitrogens is 2. The van der Waals surface area contributed by atoms with Crippen molar-refractivity contribution in [2.45, 2.75) is 31.3 Å². The highest BCUT2D eigenvalue weighted by molar-refractivity contribution is 9.10. The summed E-state index contributed by atoms with van der Waals surface area (Å²) in [5.41, 5.74) is 1.72. The molecular weight excluding hydrogens is 587 g/mol. The van der Waals surface area contributed by atoms with Gasteiger partial charge in [-0.2, -0.15) is 0 Å². The topological polar surface area (TPSA) is 86.1 Å². The molecule has 0 bridgehead atoms. The number of amides is 1. The molecule has 0 radical (unpaired) electrons. The Morgan fingerprint density at radius 1 is 1.35 bits per heavy atom. The van der Waals surface area contributed by atoms with Gasteiger partial charge in [-0.15, -0.1) is 11.3 Å². The second kappa shape index (κ2) is 11.3. The van der Waals surface area contributed by atoms with Gasteiger partial charge in [-0.3, -0.25) is 4.79 Å². The minimum absolute atomic E-state index is 0.0874. The number of piperidine rings is 1. The van der Waals surface area contributed by atoms with Crippen molar-refractivity contribution in [1.82, 2.24) is 14.9 Å². The summed E-state index contributed by atoms with van der Waals surface area (Å²) in [6.07, 6.45) is 3.03. The smallest absolute Gasteiger partial charge is 0.260 e. The van der Waals surface area contributed by atoms with Gasteiger partial charge in [0.25, 0.3) is 11.8 Å². The zero-order chi connectivity index (χ0) is 25.9. The summed E-state index contributed by atoms with van der Waals surface area (Å²) in [7, 11) is 1.50. The van der Waals surface area contributed by atoms with Crippen LogP contribution in [-0.2, 0) is 9.63 Å². The number of rotatable bonds is 7. The molecule has 1 aromatic carbocycles. The first-order chi connectivity index (χ1) is 17.9. The molecule has 2 aliphatic heterocycles. The fourth-order valence-electron chi connectivity index (χ4n) is 4.38. The monoisotopic (exact) mass is 608 g/mol. The van der Waals surface area contributed by atoms with E-state index < -0.39 is 11.9 Å². The van der Waals surface area contributed by atoms with Gasteiger partial charge in [0, 0.05) is 53.1 Å². The normalized spacial score (nSPS) is 17.9.